The number of pyridine rings is 1. The second kappa shape index (κ2) is 11.4. The molecule has 0 N–H and O–H groups in total. The first kappa shape index (κ1) is 24.8. The van der Waals surface area contributed by atoms with Crippen molar-refractivity contribution in [2.75, 3.05) is 6.61 Å². The van der Waals surface area contributed by atoms with E-state index < -0.39 is 11.2 Å². The zero-order valence-corrected chi connectivity index (χ0v) is 21.0. The lowest BCUT2D eigenvalue weighted by Gasteiger charge is -2.16. The summed E-state index contributed by atoms with van der Waals surface area (Å²) in [6.07, 6.45) is 0. The van der Waals surface area contributed by atoms with E-state index in [0.717, 1.165) is 22.2 Å². The molecule has 0 amide bonds. The van der Waals surface area contributed by atoms with Crippen LogP contribution >= 0.6 is 0 Å². The summed E-state index contributed by atoms with van der Waals surface area (Å²) in [4.78, 5) is 18.0. The number of aryl methyl sites for hydroxylation is 1. The molecule has 1 heterocycles. The number of nitrogens with zero attached hydrogens (tertiary/aromatic N) is 1. The highest BCUT2D eigenvalue weighted by molar-refractivity contribution is 7.90. The predicted octanol–water partition coefficient (Wildman–Crippen LogP) is 6.24. The van der Waals surface area contributed by atoms with Crippen LogP contribution in [0.3, 0.4) is 0 Å². The summed E-state index contributed by atoms with van der Waals surface area (Å²) < 4.78 is 24.6. The number of fused-ring (bicyclic) bond motifs is 1. The molecule has 1 atom stereocenters. The molecule has 1 unspecified atom stereocenters. The summed E-state index contributed by atoms with van der Waals surface area (Å²) in [5, 5.41) is 1.08. The SMILES string of the molecule is Cc1cccc(C[S+]([O-])c2cccc(OCc3ccc4ccccc4n3)c2)c1C(=O)OCC(C)C. The Morgan fingerprint density at radius 3 is 2.63 bits per heavy atom. The second-order valence-electron chi connectivity index (χ2n) is 8.85. The normalized spacial score (nSPS) is 12.0. The van der Waals surface area contributed by atoms with E-state index in [1.807, 2.05) is 93.6 Å². The Bertz CT molecular complexity index is 1320. The predicted molar refractivity (Wildman–Crippen MR) is 139 cm³/mol. The van der Waals surface area contributed by atoms with Crippen LogP contribution < -0.4 is 4.74 Å². The van der Waals surface area contributed by atoms with Crippen LogP contribution in [0.2, 0.25) is 0 Å². The lowest BCUT2D eigenvalue weighted by atomic mass is 10.0. The molecule has 4 rings (SSSR count). The standard InChI is InChI=1S/C29H29NO4S/c1-20(2)17-34-29(31)28-21(3)8-6-10-23(28)19-35(32)26-12-7-11-25(16-26)33-18-24-15-14-22-9-4-5-13-27(22)30-24/h4-16,20H,17-19H2,1-3H3. The van der Waals surface area contributed by atoms with Crippen LogP contribution in [0.25, 0.3) is 10.9 Å². The fourth-order valence-corrected chi connectivity index (χ4v) is 4.90. The molecule has 4 aromatic rings. The monoisotopic (exact) mass is 487 g/mol. The van der Waals surface area contributed by atoms with Gasteiger partial charge in [0.2, 0.25) is 0 Å². The number of para-hydroxylation sites is 1. The molecule has 6 heteroatoms. The lowest BCUT2D eigenvalue weighted by Crippen LogP contribution is -2.16. The van der Waals surface area contributed by atoms with Gasteiger partial charge in [-0.1, -0.05) is 62.4 Å². The Kier molecular flexibility index (Phi) is 8.06. The van der Waals surface area contributed by atoms with Crippen molar-refractivity contribution in [1.29, 1.82) is 0 Å². The summed E-state index contributed by atoms with van der Waals surface area (Å²) in [5.74, 6) is 0.701. The summed E-state index contributed by atoms with van der Waals surface area (Å²) in [6.45, 7) is 6.51. The number of carbonyl (C=O) groups is 1. The minimum Gasteiger partial charge on any atom is -0.611 e. The van der Waals surface area contributed by atoms with Gasteiger partial charge in [-0.15, -0.1) is 0 Å². The van der Waals surface area contributed by atoms with Gasteiger partial charge in [-0.2, -0.15) is 0 Å². The van der Waals surface area contributed by atoms with E-state index in [4.69, 9.17) is 9.47 Å². The van der Waals surface area contributed by atoms with Gasteiger partial charge >= 0.3 is 5.97 Å². The van der Waals surface area contributed by atoms with Gasteiger partial charge in [-0.05, 0) is 53.8 Å². The molecule has 0 aliphatic rings. The first-order chi connectivity index (χ1) is 16.9. The molecule has 180 valence electrons. The highest BCUT2D eigenvalue weighted by Gasteiger charge is 2.21. The largest absolute Gasteiger partial charge is 0.611 e. The van der Waals surface area contributed by atoms with Crippen LogP contribution in [0.4, 0.5) is 0 Å². The van der Waals surface area contributed by atoms with Gasteiger partial charge in [0.1, 0.15) is 18.1 Å². The quantitative estimate of drug-likeness (QED) is 0.206. The molecule has 0 saturated heterocycles. The van der Waals surface area contributed by atoms with Crippen LogP contribution in [0.5, 0.6) is 5.75 Å². The molecule has 0 spiro atoms. The van der Waals surface area contributed by atoms with Gasteiger partial charge in [0.05, 0.1) is 23.4 Å². The molecule has 0 saturated carbocycles. The van der Waals surface area contributed by atoms with Crippen LogP contribution in [-0.4, -0.2) is 22.1 Å². The summed E-state index contributed by atoms with van der Waals surface area (Å²) in [6, 6.07) is 24.7. The first-order valence-electron chi connectivity index (χ1n) is 11.6. The molecular formula is C29H29NO4S. The van der Waals surface area contributed by atoms with E-state index in [-0.39, 0.29) is 17.6 Å². The Labute approximate surface area is 209 Å². The third kappa shape index (κ3) is 6.41. The van der Waals surface area contributed by atoms with Crippen LogP contribution in [0, 0.1) is 12.8 Å². The van der Waals surface area contributed by atoms with E-state index in [9.17, 15) is 9.35 Å². The minimum absolute atomic E-state index is 0.212. The average molecular weight is 488 g/mol. The number of esters is 1. The van der Waals surface area contributed by atoms with E-state index >= 15 is 0 Å². The zero-order valence-electron chi connectivity index (χ0n) is 20.2. The maximum atomic E-state index is 13.2. The third-order valence-corrected chi connectivity index (χ3v) is 6.86. The molecule has 5 nitrogen and oxygen atoms in total. The van der Waals surface area contributed by atoms with E-state index in [1.54, 1.807) is 6.07 Å². The van der Waals surface area contributed by atoms with Crippen LogP contribution in [0.1, 0.15) is 41.0 Å². The zero-order chi connectivity index (χ0) is 24.8. The fraction of sp³-hybridized carbons (Fsp3) is 0.241. The number of aromatic nitrogens is 1. The van der Waals surface area contributed by atoms with E-state index in [1.165, 1.54) is 0 Å². The Morgan fingerprint density at radius 1 is 1.00 bits per heavy atom. The van der Waals surface area contributed by atoms with E-state index in [0.29, 0.717) is 35.0 Å². The van der Waals surface area contributed by atoms with Gasteiger partial charge in [0.25, 0.3) is 0 Å². The van der Waals surface area contributed by atoms with Crippen molar-refractivity contribution in [3.63, 3.8) is 0 Å². The molecular weight excluding hydrogens is 458 g/mol. The van der Waals surface area contributed by atoms with Crippen molar-refractivity contribution in [2.45, 2.75) is 38.0 Å². The Morgan fingerprint density at radius 2 is 1.80 bits per heavy atom. The number of benzene rings is 3. The minimum atomic E-state index is -1.36. The molecule has 0 aliphatic heterocycles. The Balaban J connectivity index is 1.46. The van der Waals surface area contributed by atoms with Crippen molar-refractivity contribution < 1.29 is 18.8 Å². The maximum Gasteiger partial charge on any atom is 0.338 e. The van der Waals surface area contributed by atoms with Crippen molar-refractivity contribution in [3.05, 3.63) is 101 Å². The summed E-state index contributed by atoms with van der Waals surface area (Å²) in [5.41, 5.74) is 3.76. The van der Waals surface area contributed by atoms with E-state index in [2.05, 4.69) is 4.98 Å². The van der Waals surface area contributed by atoms with Gasteiger partial charge < -0.3 is 14.0 Å². The maximum absolute atomic E-state index is 13.2. The highest BCUT2D eigenvalue weighted by atomic mass is 32.2. The number of rotatable bonds is 9. The number of hydrogen-bond donors (Lipinski definition) is 0. The van der Waals surface area contributed by atoms with Crippen molar-refractivity contribution >= 4 is 28.0 Å². The van der Waals surface area contributed by atoms with Crippen LogP contribution in [-0.2, 0) is 28.3 Å². The number of hydrogen-bond acceptors (Lipinski definition) is 5. The number of carbonyl (C=O) groups excluding carboxylic acids is 1. The number of ether oxygens (including phenoxy) is 2. The van der Waals surface area contributed by atoms with Gasteiger partial charge in [-0.3, -0.25) is 0 Å². The molecule has 3 aromatic carbocycles. The summed E-state index contributed by atoms with van der Waals surface area (Å²) >= 11 is -1.36. The summed E-state index contributed by atoms with van der Waals surface area (Å²) in [7, 11) is 0. The molecule has 0 aliphatic carbocycles. The van der Waals surface area contributed by atoms with Crippen molar-refractivity contribution in [1.82, 2.24) is 4.98 Å². The molecule has 0 fully saturated rings. The molecule has 35 heavy (non-hydrogen) atoms. The topological polar surface area (TPSA) is 71.5 Å². The van der Waals surface area contributed by atoms with Crippen molar-refractivity contribution in [2.24, 2.45) is 5.92 Å². The average Bonchev–Trinajstić information content (AvgIpc) is 2.86. The van der Waals surface area contributed by atoms with Crippen LogP contribution in [0.15, 0.2) is 83.8 Å². The second-order valence-corrected chi connectivity index (χ2v) is 10.3. The van der Waals surface area contributed by atoms with Gasteiger partial charge in [0.15, 0.2) is 4.90 Å². The highest BCUT2D eigenvalue weighted by Crippen LogP contribution is 2.25. The first-order valence-corrected chi connectivity index (χ1v) is 12.9. The van der Waals surface area contributed by atoms with Gasteiger partial charge in [0, 0.05) is 17.0 Å². The molecule has 0 bridgehead atoms. The third-order valence-electron chi connectivity index (χ3n) is 5.51. The van der Waals surface area contributed by atoms with Gasteiger partial charge in [-0.25, -0.2) is 9.78 Å². The smallest absolute Gasteiger partial charge is 0.338 e. The van der Waals surface area contributed by atoms with Crippen molar-refractivity contribution in [3.8, 4) is 5.75 Å². The lowest BCUT2D eigenvalue weighted by molar-refractivity contribution is 0.0457. The Hall–Kier alpha value is -3.35. The molecule has 1 aromatic heterocycles. The fourth-order valence-electron chi connectivity index (χ4n) is 3.73. The molecule has 0 radical (unpaired) electrons.